The molecule has 1 aliphatic heterocycles. The molecule has 3 nitrogen and oxygen atoms in total. The molecule has 2 rings (SSSR count). The lowest BCUT2D eigenvalue weighted by atomic mass is 9.83. The highest BCUT2D eigenvalue weighted by molar-refractivity contribution is 6.06. The first-order valence-electron chi connectivity index (χ1n) is 6.70. The Balaban J connectivity index is 2.58. The molecule has 0 fully saturated rings. The van der Waals surface area contributed by atoms with Crippen molar-refractivity contribution >= 4 is 11.6 Å². The van der Waals surface area contributed by atoms with Gasteiger partial charge < -0.3 is 11.1 Å². The van der Waals surface area contributed by atoms with E-state index in [9.17, 15) is 9.18 Å². The standard InChI is InChI=1S/C15H21FN2O/c1-5-8(2)12(17)10-6-9(16)7-11-13(10)18-14(19)15(11,3)4/h6-8,12H,5,17H2,1-4H3,(H,18,19). The summed E-state index contributed by atoms with van der Waals surface area (Å²) in [4.78, 5) is 12.0. The van der Waals surface area contributed by atoms with E-state index < -0.39 is 5.41 Å². The summed E-state index contributed by atoms with van der Waals surface area (Å²) in [7, 11) is 0. The van der Waals surface area contributed by atoms with Crippen molar-refractivity contribution in [2.75, 3.05) is 5.32 Å². The second-order valence-electron chi connectivity index (χ2n) is 5.91. The Morgan fingerprint density at radius 1 is 1.42 bits per heavy atom. The van der Waals surface area contributed by atoms with Gasteiger partial charge in [-0.3, -0.25) is 4.79 Å². The number of fused-ring (bicyclic) bond motifs is 1. The lowest BCUT2D eigenvalue weighted by Crippen LogP contribution is -2.26. The van der Waals surface area contributed by atoms with Gasteiger partial charge in [-0.25, -0.2) is 4.39 Å². The van der Waals surface area contributed by atoms with Crippen molar-refractivity contribution in [3.8, 4) is 0 Å². The topological polar surface area (TPSA) is 55.1 Å². The molecule has 0 saturated heterocycles. The molecule has 1 aromatic carbocycles. The highest BCUT2D eigenvalue weighted by Gasteiger charge is 2.40. The average Bonchev–Trinajstić information content (AvgIpc) is 2.59. The van der Waals surface area contributed by atoms with Crippen molar-refractivity contribution in [1.82, 2.24) is 0 Å². The predicted octanol–water partition coefficient (Wildman–Crippen LogP) is 3.10. The second-order valence-corrected chi connectivity index (χ2v) is 5.91. The number of nitrogens with one attached hydrogen (secondary N) is 1. The molecule has 1 aliphatic rings. The van der Waals surface area contributed by atoms with Gasteiger partial charge in [-0.1, -0.05) is 20.3 Å². The Morgan fingerprint density at radius 2 is 2.05 bits per heavy atom. The highest BCUT2D eigenvalue weighted by Crippen LogP contribution is 2.42. The van der Waals surface area contributed by atoms with Crippen LogP contribution < -0.4 is 11.1 Å². The minimum Gasteiger partial charge on any atom is -0.325 e. The van der Waals surface area contributed by atoms with E-state index in [0.717, 1.165) is 6.42 Å². The summed E-state index contributed by atoms with van der Waals surface area (Å²) in [5.41, 5.74) is 7.60. The largest absolute Gasteiger partial charge is 0.325 e. The minimum absolute atomic E-state index is 0.106. The molecule has 0 aromatic heterocycles. The lowest BCUT2D eigenvalue weighted by molar-refractivity contribution is -0.119. The number of carbonyl (C=O) groups excluding carboxylic acids is 1. The van der Waals surface area contributed by atoms with Crippen LogP contribution >= 0.6 is 0 Å². The van der Waals surface area contributed by atoms with E-state index >= 15 is 0 Å². The molecule has 104 valence electrons. The minimum atomic E-state index is -0.707. The number of benzene rings is 1. The third-order valence-corrected chi connectivity index (χ3v) is 4.23. The van der Waals surface area contributed by atoms with Gasteiger partial charge in [-0.2, -0.15) is 0 Å². The summed E-state index contributed by atoms with van der Waals surface area (Å²) in [6, 6.07) is 2.60. The van der Waals surface area contributed by atoms with Gasteiger partial charge >= 0.3 is 0 Å². The van der Waals surface area contributed by atoms with Crippen molar-refractivity contribution in [2.45, 2.75) is 45.6 Å². The van der Waals surface area contributed by atoms with E-state index in [1.54, 1.807) is 13.8 Å². The molecule has 0 aliphatic carbocycles. The fourth-order valence-electron chi connectivity index (χ4n) is 2.48. The molecule has 4 heteroatoms. The third-order valence-electron chi connectivity index (χ3n) is 4.23. The molecule has 1 heterocycles. The first kappa shape index (κ1) is 14.0. The molecule has 0 spiro atoms. The van der Waals surface area contributed by atoms with Crippen LogP contribution in [0.3, 0.4) is 0 Å². The number of amides is 1. The van der Waals surface area contributed by atoms with Gasteiger partial charge in [0.15, 0.2) is 0 Å². The number of hydrogen-bond acceptors (Lipinski definition) is 2. The molecule has 2 atom stereocenters. The number of halogens is 1. The maximum Gasteiger partial charge on any atom is 0.234 e. The molecule has 2 unspecified atom stereocenters. The Kier molecular flexibility index (Phi) is 3.39. The van der Waals surface area contributed by atoms with Crippen LogP contribution in [0.25, 0.3) is 0 Å². The lowest BCUT2D eigenvalue weighted by Gasteiger charge is -2.22. The van der Waals surface area contributed by atoms with Gasteiger partial charge in [-0.05, 0) is 43.0 Å². The van der Waals surface area contributed by atoms with Crippen LogP contribution in [0.5, 0.6) is 0 Å². The summed E-state index contributed by atoms with van der Waals surface area (Å²) in [5, 5.41) is 2.86. The van der Waals surface area contributed by atoms with E-state index in [2.05, 4.69) is 5.32 Å². The molecule has 1 amide bonds. The first-order chi connectivity index (χ1) is 8.78. The van der Waals surface area contributed by atoms with Gasteiger partial charge in [0.1, 0.15) is 5.82 Å². The molecule has 0 bridgehead atoms. The van der Waals surface area contributed by atoms with Crippen molar-refractivity contribution in [3.63, 3.8) is 0 Å². The fraction of sp³-hybridized carbons (Fsp3) is 0.533. The van der Waals surface area contributed by atoms with Gasteiger partial charge in [0, 0.05) is 6.04 Å². The van der Waals surface area contributed by atoms with Crippen molar-refractivity contribution < 1.29 is 9.18 Å². The van der Waals surface area contributed by atoms with E-state index in [1.165, 1.54) is 12.1 Å². The summed E-state index contributed by atoms with van der Waals surface area (Å²) < 4.78 is 13.8. The smallest absolute Gasteiger partial charge is 0.234 e. The molecule has 0 saturated carbocycles. The second kappa shape index (κ2) is 4.60. The van der Waals surface area contributed by atoms with Crippen LogP contribution in [-0.4, -0.2) is 5.91 Å². The van der Waals surface area contributed by atoms with E-state index in [0.29, 0.717) is 16.8 Å². The molecular weight excluding hydrogens is 243 g/mol. The van der Waals surface area contributed by atoms with Crippen LogP contribution in [0.2, 0.25) is 0 Å². The maximum absolute atomic E-state index is 13.8. The van der Waals surface area contributed by atoms with Crippen LogP contribution in [0.15, 0.2) is 12.1 Å². The van der Waals surface area contributed by atoms with Crippen LogP contribution in [0.4, 0.5) is 10.1 Å². The Labute approximate surface area is 113 Å². The SMILES string of the molecule is CCC(C)C(N)c1cc(F)cc2c1NC(=O)C2(C)C. The number of anilines is 1. The van der Waals surface area contributed by atoms with Crippen LogP contribution in [-0.2, 0) is 10.2 Å². The van der Waals surface area contributed by atoms with Gasteiger partial charge in [0.25, 0.3) is 0 Å². The highest BCUT2D eigenvalue weighted by atomic mass is 19.1. The van der Waals surface area contributed by atoms with Crippen molar-refractivity contribution in [1.29, 1.82) is 0 Å². The summed E-state index contributed by atoms with van der Waals surface area (Å²) in [5.74, 6) is -0.214. The molecular formula is C15H21FN2O. The van der Waals surface area contributed by atoms with Gasteiger partial charge in [-0.15, -0.1) is 0 Å². The third kappa shape index (κ3) is 2.14. The molecule has 0 radical (unpaired) electrons. The van der Waals surface area contributed by atoms with Gasteiger partial charge in [0.05, 0.1) is 11.1 Å². The normalized spacial score (nSPS) is 19.8. The predicted molar refractivity (Wildman–Crippen MR) is 74.4 cm³/mol. The Bertz CT molecular complexity index is 525. The fourth-order valence-corrected chi connectivity index (χ4v) is 2.48. The summed E-state index contributed by atoms with van der Waals surface area (Å²) in [6.45, 7) is 7.68. The van der Waals surface area contributed by atoms with Crippen molar-refractivity contribution in [3.05, 3.63) is 29.1 Å². The first-order valence-corrected chi connectivity index (χ1v) is 6.70. The number of carbonyl (C=O) groups is 1. The van der Waals surface area contributed by atoms with Crippen LogP contribution in [0, 0.1) is 11.7 Å². The number of hydrogen-bond donors (Lipinski definition) is 2. The monoisotopic (exact) mass is 264 g/mol. The number of nitrogens with two attached hydrogens (primary N) is 1. The van der Waals surface area contributed by atoms with Crippen molar-refractivity contribution in [2.24, 2.45) is 11.7 Å². The van der Waals surface area contributed by atoms with E-state index in [1.807, 2.05) is 13.8 Å². The van der Waals surface area contributed by atoms with Gasteiger partial charge in [0.2, 0.25) is 5.91 Å². The zero-order valence-electron chi connectivity index (χ0n) is 11.9. The van der Waals surface area contributed by atoms with Crippen LogP contribution in [0.1, 0.15) is 51.3 Å². The Morgan fingerprint density at radius 3 is 2.63 bits per heavy atom. The zero-order valence-corrected chi connectivity index (χ0v) is 11.9. The van der Waals surface area contributed by atoms with E-state index in [4.69, 9.17) is 5.73 Å². The average molecular weight is 264 g/mol. The Hall–Kier alpha value is -1.42. The quantitative estimate of drug-likeness (QED) is 0.881. The zero-order chi connectivity index (χ0) is 14.4. The van der Waals surface area contributed by atoms with E-state index in [-0.39, 0.29) is 23.7 Å². The summed E-state index contributed by atoms with van der Waals surface area (Å²) >= 11 is 0. The molecule has 3 N–H and O–H groups in total. The summed E-state index contributed by atoms with van der Waals surface area (Å²) in [6.07, 6.45) is 0.907. The molecule has 1 aromatic rings. The maximum atomic E-state index is 13.8. The number of rotatable bonds is 3. The molecule has 19 heavy (non-hydrogen) atoms.